The van der Waals surface area contributed by atoms with Crippen molar-refractivity contribution in [3.8, 4) is 0 Å². The first-order valence-corrected chi connectivity index (χ1v) is 6.75. The molecule has 0 bridgehead atoms. The number of nitrogens with one attached hydrogen (secondary N) is 1. The van der Waals surface area contributed by atoms with Crippen LogP contribution in [0, 0.1) is 3.57 Å². The topological polar surface area (TPSA) is 46.9 Å². The van der Waals surface area contributed by atoms with Gasteiger partial charge in [-0.3, -0.25) is 4.79 Å². The van der Waals surface area contributed by atoms with E-state index in [0.717, 1.165) is 10.1 Å². The molecule has 0 spiro atoms. The minimum absolute atomic E-state index is 0.0406. The molecule has 0 saturated heterocycles. The van der Waals surface area contributed by atoms with Crippen molar-refractivity contribution in [2.75, 3.05) is 0 Å². The zero-order chi connectivity index (χ0) is 13.0. The first-order chi connectivity index (χ1) is 8.65. The van der Waals surface area contributed by atoms with Crippen LogP contribution < -0.4 is 5.32 Å². The zero-order valence-electron chi connectivity index (χ0n) is 10.0. The van der Waals surface area contributed by atoms with Crippen molar-refractivity contribution in [3.05, 3.63) is 52.1 Å². The van der Waals surface area contributed by atoms with Gasteiger partial charge in [-0.1, -0.05) is 6.07 Å². The number of aromatic nitrogens is 2. The fourth-order valence-electron chi connectivity index (χ4n) is 1.69. The second-order valence-electron chi connectivity index (χ2n) is 4.14. The third-order valence-corrected chi connectivity index (χ3v) is 3.18. The summed E-state index contributed by atoms with van der Waals surface area (Å²) in [6.45, 7) is 2.70. The van der Waals surface area contributed by atoms with Crippen molar-refractivity contribution >= 4 is 28.5 Å². The van der Waals surface area contributed by atoms with Gasteiger partial charge in [-0.25, -0.2) is 4.98 Å². The molecule has 0 aliphatic carbocycles. The van der Waals surface area contributed by atoms with Crippen molar-refractivity contribution in [1.82, 2.24) is 14.9 Å². The third-order valence-electron chi connectivity index (χ3n) is 2.51. The van der Waals surface area contributed by atoms with Gasteiger partial charge >= 0.3 is 0 Å². The Morgan fingerprint density at radius 1 is 1.56 bits per heavy atom. The summed E-state index contributed by atoms with van der Waals surface area (Å²) >= 11 is 2.20. The molecule has 0 aliphatic heterocycles. The van der Waals surface area contributed by atoms with Crippen LogP contribution in [0.25, 0.3) is 0 Å². The van der Waals surface area contributed by atoms with Crippen LogP contribution in [0.5, 0.6) is 0 Å². The molecular formula is C13H14IN3O. The summed E-state index contributed by atoms with van der Waals surface area (Å²) in [5, 5.41) is 2.97. The second kappa shape index (κ2) is 5.99. The number of carbonyl (C=O) groups excluding carboxylic acids is 1. The summed E-state index contributed by atoms with van der Waals surface area (Å²) in [4.78, 5) is 16.0. The molecule has 1 aromatic heterocycles. The minimum Gasteiger partial charge on any atom is -0.348 e. The van der Waals surface area contributed by atoms with Crippen LogP contribution in [0.15, 0.2) is 43.0 Å². The highest BCUT2D eigenvalue weighted by Crippen LogP contribution is 2.08. The summed E-state index contributed by atoms with van der Waals surface area (Å²) in [6, 6.07) is 7.61. The van der Waals surface area contributed by atoms with E-state index in [2.05, 4.69) is 32.9 Å². The van der Waals surface area contributed by atoms with E-state index in [4.69, 9.17) is 0 Å². The van der Waals surface area contributed by atoms with Crippen molar-refractivity contribution in [1.29, 1.82) is 0 Å². The molecule has 1 heterocycles. The van der Waals surface area contributed by atoms with Gasteiger partial charge in [-0.15, -0.1) is 0 Å². The van der Waals surface area contributed by atoms with E-state index in [1.54, 1.807) is 12.5 Å². The average molecular weight is 355 g/mol. The van der Waals surface area contributed by atoms with Gasteiger partial charge in [-0.2, -0.15) is 0 Å². The summed E-state index contributed by atoms with van der Waals surface area (Å²) < 4.78 is 3.00. The van der Waals surface area contributed by atoms with Crippen LogP contribution in [0.2, 0.25) is 0 Å². The molecule has 0 aliphatic rings. The first kappa shape index (κ1) is 13.1. The van der Waals surface area contributed by atoms with Crippen LogP contribution in [0.3, 0.4) is 0 Å². The van der Waals surface area contributed by atoms with E-state index in [0.29, 0.717) is 5.56 Å². The number of hydrogen-bond acceptors (Lipinski definition) is 2. The van der Waals surface area contributed by atoms with Gasteiger partial charge in [0.15, 0.2) is 0 Å². The Kier molecular flexibility index (Phi) is 4.35. The van der Waals surface area contributed by atoms with E-state index in [1.807, 2.05) is 42.0 Å². The number of halogens is 1. The van der Waals surface area contributed by atoms with Gasteiger partial charge in [0.1, 0.15) is 0 Å². The molecule has 18 heavy (non-hydrogen) atoms. The SMILES string of the molecule is CC(Cn1ccnc1)NC(=O)c1cccc(I)c1. The van der Waals surface area contributed by atoms with Crippen LogP contribution in [-0.4, -0.2) is 21.5 Å². The molecule has 0 radical (unpaired) electrons. The predicted molar refractivity (Wildman–Crippen MR) is 78.3 cm³/mol. The van der Waals surface area contributed by atoms with Gasteiger partial charge in [0.2, 0.25) is 0 Å². The average Bonchev–Trinajstić information content (AvgIpc) is 2.81. The Morgan fingerprint density at radius 3 is 3.06 bits per heavy atom. The molecule has 94 valence electrons. The summed E-state index contributed by atoms with van der Waals surface area (Å²) in [6.07, 6.45) is 5.36. The van der Waals surface area contributed by atoms with E-state index in [9.17, 15) is 4.79 Å². The number of nitrogens with zero attached hydrogens (tertiary/aromatic N) is 2. The summed E-state index contributed by atoms with van der Waals surface area (Å²) in [7, 11) is 0. The molecule has 1 amide bonds. The fraction of sp³-hybridized carbons (Fsp3) is 0.231. The Labute approximate surface area is 120 Å². The summed E-state index contributed by atoms with van der Waals surface area (Å²) in [5.74, 6) is -0.0406. The van der Waals surface area contributed by atoms with Crippen molar-refractivity contribution in [2.24, 2.45) is 0 Å². The van der Waals surface area contributed by atoms with Crippen LogP contribution in [-0.2, 0) is 6.54 Å². The Bertz CT molecular complexity index is 525. The summed E-state index contributed by atoms with van der Waals surface area (Å²) in [5.41, 5.74) is 0.694. The van der Waals surface area contributed by atoms with Gasteiger partial charge in [0, 0.05) is 34.1 Å². The lowest BCUT2D eigenvalue weighted by molar-refractivity contribution is 0.0936. The number of hydrogen-bond donors (Lipinski definition) is 1. The van der Waals surface area contributed by atoms with Gasteiger partial charge in [-0.05, 0) is 47.7 Å². The molecule has 4 nitrogen and oxygen atoms in total. The fourth-order valence-corrected chi connectivity index (χ4v) is 2.24. The highest BCUT2D eigenvalue weighted by atomic mass is 127. The Balaban J connectivity index is 1.95. The lowest BCUT2D eigenvalue weighted by Gasteiger charge is -2.14. The van der Waals surface area contributed by atoms with Gasteiger partial charge in [0.05, 0.1) is 6.33 Å². The van der Waals surface area contributed by atoms with Gasteiger partial charge in [0.25, 0.3) is 5.91 Å². The largest absolute Gasteiger partial charge is 0.348 e. The molecule has 1 atom stereocenters. The quantitative estimate of drug-likeness (QED) is 0.856. The van der Waals surface area contributed by atoms with Crippen molar-refractivity contribution in [2.45, 2.75) is 19.5 Å². The minimum atomic E-state index is -0.0406. The van der Waals surface area contributed by atoms with Crippen LogP contribution in [0.4, 0.5) is 0 Å². The maximum absolute atomic E-state index is 12.0. The smallest absolute Gasteiger partial charge is 0.251 e. The van der Waals surface area contributed by atoms with E-state index in [-0.39, 0.29) is 11.9 Å². The number of carbonyl (C=O) groups is 1. The third kappa shape index (κ3) is 3.56. The van der Waals surface area contributed by atoms with E-state index >= 15 is 0 Å². The lowest BCUT2D eigenvalue weighted by Crippen LogP contribution is -2.35. The maximum atomic E-state index is 12.0. The van der Waals surface area contributed by atoms with Crippen LogP contribution in [0.1, 0.15) is 17.3 Å². The number of rotatable bonds is 4. The Morgan fingerprint density at radius 2 is 2.39 bits per heavy atom. The van der Waals surface area contributed by atoms with E-state index in [1.165, 1.54) is 0 Å². The van der Waals surface area contributed by atoms with Gasteiger partial charge < -0.3 is 9.88 Å². The first-order valence-electron chi connectivity index (χ1n) is 5.67. The molecule has 1 unspecified atom stereocenters. The highest BCUT2D eigenvalue weighted by Gasteiger charge is 2.10. The molecule has 1 N–H and O–H groups in total. The standard InChI is InChI=1S/C13H14IN3O/c1-10(8-17-6-5-15-9-17)16-13(18)11-3-2-4-12(14)7-11/h2-7,9-10H,8H2,1H3,(H,16,18). The van der Waals surface area contributed by atoms with E-state index < -0.39 is 0 Å². The molecule has 2 aromatic rings. The predicted octanol–water partition coefficient (Wildman–Crippen LogP) is 2.31. The molecular weight excluding hydrogens is 341 g/mol. The second-order valence-corrected chi connectivity index (χ2v) is 5.39. The molecule has 0 saturated carbocycles. The maximum Gasteiger partial charge on any atom is 0.251 e. The molecule has 0 fully saturated rings. The normalized spacial score (nSPS) is 12.1. The molecule has 1 aromatic carbocycles. The number of imidazole rings is 1. The van der Waals surface area contributed by atoms with Crippen LogP contribution >= 0.6 is 22.6 Å². The highest BCUT2D eigenvalue weighted by molar-refractivity contribution is 14.1. The zero-order valence-corrected chi connectivity index (χ0v) is 12.2. The number of amides is 1. The monoisotopic (exact) mass is 355 g/mol. The lowest BCUT2D eigenvalue weighted by atomic mass is 10.2. The molecule has 2 rings (SSSR count). The van der Waals surface area contributed by atoms with Crippen molar-refractivity contribution in [3.63, 3.8) is 0 Å². The van der Waals surface area contributed by atoms with Crippen molar-refractivity contribution < 1.29 is 4.79 Å². The Hall–Kier alpha value is -1.37. The number of benzene rings is 1. The molecule has 5 heteroatoms.